The topological polar surface area (TPSA) is 57.7 Å². The van der Waals surface area contributed by atoms with Crippen LogP contribution < -0.4 is 9.47 Å². The van der Waals surface area contributed by atoms with E-state index in [1.807, 2.05) is 29.6 Å². The van der Waals surface area contributed by atoms with E-state index in [-0.39, 0.29) is 19.0 Å². The first-order chi connectivity index (χ1) is 13.1. The molecule has 0 atom stereocenters. The number of halogens is 1. The smallest absolute Gasteiger partial charge is 0.310 e. The molecule has 0 bridgehead atoms. The Morgan fingerprint density at radius 3 is 2.59 bits per heavy atom. The lowest BCUT2D eigenvalue weighted by molar-refractivity contribution is -0.144. The van der Waals surface area contributed by atoms with Crippen LogP contribution in [0.25, 0.3) is 10.6 Å². The zero-order chi connectivity index (χ0) is 19.2. The summed E-state index contributed by atoms with van der Waals surface area (Å²) in [6.45, 7) is 0.126. The Morgan fingerprint density at radius 1 is 1.11 bits per heavy atom. The van der Waals surface area contributed by atoms with Crippen LogP contribution in [0.5, 0.6) is 11.5 Å². The van der Waals surface area contributed by atoms with Crippen LogP contribution in [0.2, 0.25) is 5.02 Å². The van der Waals surface area contributed by atoms with Gasteiger partial charge in [0, 0.05) is 27.6 Å². The molecule has 7 heteroatoms. The molecule has 1 aromatic heterocycles. The van der Waals surface area contributed by atoms with Gasteiger partial charge in [0.1, 0.15) is 23.1 Å². The molecule has 0 aliphatic heterocycles. The van der Waals surface area contributed by atoms with Crippen LogP contribution >= 0.6 is 22.9 Å². The number of hydrogen-bond donors (Lipinski definition) is 0. The van der Waals surface area contributed by atoms with Crippen LogP contribution in [0.1, 0.15) is 11.3 Å². The third kappa shape index (κ3) is 4.99. The highest BCUT2D eigenvalue weighted by Crippen LogP contribution is 2.27. The highest BCUT2D eigenvalue weighted by atomic mass is 35.5. The Kier molecular flexibility index (Phi) is 6.32. The first kappa shape index (κ1) is 19.2. The lowest BCUT2D eigenvalue weighted by Gasteiger charge is -2.10. The molecule has 0 aliphatic carbocycles. The fraction of sp³-hybridized carbons (Fsp3) is 0.200. The third-order valence-electron chi connectivity index (χ3n) is 3.85. The summed E-state index contributed by atoms with van der Waals surface area (Å²) in [5.74, 6) is 0.908. The predicted octanol–water partition coefficient (Wildman–Crippen LogP) is 4.77. The summed E-state index contributed by atoms with van der Waals surface area (Å²) in [5, 5.41) is 3.42. The predicted molar refractivity (Wildman–Crippen MR) is 106 cm³/mol. The van der Waals surface area contributed by atoms with Gasteiger partial charge in [0.15, 0.2) is 0 Å². The lowest BCUT2D eigenvalue weighted by atomic mass is 10.1. The molecule has 5 nitrogen and oxygen atoms in total. The van der Waals surface area contributed by atoms with Gasteiger partial charge >= 0.3 is 5.97 Å². The van der Waals surface area contributed by atoms with Crippen molar-refractivity contribution in [3.63, 3.8) is 0 Å². The first-order valence-electron chi connectivity index (χ1n) is 8.16. The van der Waals surface area contributed by atoms with Gasteiger partial charge in [0.05, 0.1) is 26.3 Å². The molecule has 0 unspecified atom stereocenters. The van der Waals surface area contributed by atoms with E-state index in [4.69, 9.17) is 25.8 Å². The van der Waals surface area contributed by atoms with E-state index < -0.39 is 0 Å². The van der Waals surface area contributed by atoms with Gasteiger partial charge in [-0.2, -0.15) is 0 Å². The molecule has 1 heterocycles. The second-order valence-electron chi connectivity index (χ2n) is 5.67. The molecule has 2 aromatic carbocycles. The first-order valence-corrected chi connectivity index (χ1v) is 9.41. The van der Waals surface area contributed by atoms with E-state index in [1.165, 1.54) is 11.3 Å². The maximum Gasteiger partial charge on any atom is 0.310 e. The maximum atomic E-state index is 12.2. The zero-order valence-corrected chi connectivity index (χ0v) is 16.5. The molecule has 0 saturated carbocycles. The summed E-state index contributed by atoms with van der Waals surface area (Å²) >= 11 is 7.40. The summed E-state index contributed by atoms with van der Waals surface area (Å²) in [6.07, 6.45) is 0.112. The van der Waals surface area contributed by atoms with Crippen molar-refractivity contribution < 1.29 is 19.0 Å². The summed E-state index contributed by atoms with van der Waals surface area (Å²) in [4.78, 5) is 16.7. The van der Waals surface area contributed by atoms with Crippen molar-refractivity contribution in [2.24, 2.45) is 0 Å². The molecule has 27 heavy (non-hydrogen) atoms. The Balaban J connectivity index is 1.59. The van der Waals surface area contributed by atoms with Crippen LogP contribution in [0.3, 0.4) is 0 Å². The third-order valence-corrected chi connectivity index (χ3v) is 5.05. The van der Waals surface area contributed by atoms with Crippen molar-refractivity contribution in [1.82, 2.24) is 4.98 Å². The van der Waals surface area contributed by atoms with Crippen molar-refractivity contribution in [3.8, 4) is 22.1 Å². The molecule has 0 spiro atoms. The van der Waals surface area contributed by atoms with Gasteiger partial charge in [0.25, 0.3) is 0 Å². The number of ether oxygens (including phenoxy) is 3. The van der Waals surface area contributed by atoms with Gasteiger partial charge in [-0.25, -0.2) is 4.98 Å². The molecule has 0 saturated heterocycles. The summed E-state index contributed by atoms with van der Waals surface area (Å²) in [5.41, 5.74) is 2.42. The molecule has 0 amide bonds. The SMILES string of the molecule is COc1ccc(CC(=O)OCc2csc(-c3ccc(Cl)cc3)n2)c(OC)c1. The van der Waals surface area contributed by atoms with Crippen LogP contribution in [-0.2, 0) is 22.6 Å². The Bertz CT molecular complexity index is 924. The Morgan fingerprint density at radius 2 is 1.89 bits per heavy atom. The molecule has 0 N–H and O–H groups in total. The molecule has 0 fully saturated rings. The minimum atomic E-state index is -0.348. The van der Waals surface area contributed by atoms with Crippen LogP contribution in [0.15, 0.2) is 47.8 Å². The molecule has 3 aromatic rings. The van der Waals surface area contributed by atoms with Crippen LogP contribution in [-0.4, -0.2) is 25.2 Å². The molecule has 140 valence electrons. The van der Waals surface area contributed by atoms with E-state index in [2.05, 4.69) is 4.98 Å². The van der Waals surface area contributed by atoms with Crippen LogP contribution in [0.4, 0.5) is 0 Å². The summed E-state index contributed by atoms with van der Waals surface area (Å²) in [7, 11) is 3.13. The van der Waals surface area contributed by atoms with Gasteiger partial charge in [-0.3, -0.25) is 4.79 Å². The number of hydrogen-bond acceptors (Lipinski definition) is 6. The van der Waals surface area contributed by atoms with Crippen molar-refractivity contribution in [2.75, 3.05) is 14.2 Å². The van der Waals surface area contributed by atoms with E-state index in [0.29, 0.717) is 22.2 Å². The van der Waals surface area contributed by atoms with Crippen molar-refractivity contribution >= 4 is 28.9 Å². The van der Waals surface area contributed by atoms with Gasteiger partial charge in [-0.15, -0.1) is 11.3 Å². The van der Waals surface area contributed by atoms with Gasteiger partial charge in [-0.1, -0.05) is 29.8 Å². The minimum absolute atomic E-state index is 0.112. The quantitative estimate of drug-likeness (QED) is 0.532. The maximum absolute atomic E-state index is 12.2. The molecular formula is C20H18ClNO4S. The number of carbonyl (C=O) groups excluding carboxylic acids is 1. The van der Waals surface area contributed by atoms with Crippen LogP contribution in [0, 0.1) is 0 Å². The fourth-order valence-corrected chi connectivity index (χ4v) is 3.39. The minimum Gasteiger partial charge on any atom is -0.497 e. The van der Waals surface area contributed by atoms with Crippen molar-refractivity contribution in [3.05, 3.63) is 64.1 Å². The van der Waals surface area contributed by atoms with Gasteiger partial charge in [0.2, 0.25) is 0 Å². The number of methoxy groups -OCH3 is 2. The second kappa shape index (κ2) is 8.88. The number of carbonyl (C=O) groups is 1. The summed E-state index contributed by atoms with van der Waals surface area (Å²) < 4.78 is 15.8. The lowest BCUT2D eigenvalue weighted by Crippen LogP contribution is -2.09. The average Bonchev–Trinajstić information content (AvgIpc) is 3.16. The van der Waals surface area contributed by atoms with E-state index >= 15 is 0 Å². The molecule has 3 rings (SSSR count). The second-order valence-corrected chi connectivity index (χ2v) is 6.96. The highest BCUT2D eigenvalue weighted by molar-refractivity contribution is 7.13. The number of aromatic nitrogens is 1. The molecule has 0 radical (unpaired) electrons. The van der Waals surface area contributed by atoms with Gasteiger partial charge < -0.3 is 14.2 Å². The largest absolute Gasteiger partial charge is 0.497 e. The number of rotatable bonds is 7. The average molecular weight is 404 g/mol. The summed E-state index contributed by atoms with van der Waals surface area (Å²) in [6, 6.07) is 12.8. The Labute approximate surface area is 166 Å². The molecular weight excluding hydrogens is 386 g/mol. The number of benzene rings is 2. The molecule has 0 aliphatic rings. The number of thiazole rings is 1. The zero-order valence-electron chi connectivity index (χ0n) is 14.9. The van der Waals surface area contributed by atoms with E-state index in [0.717, 1.165) is 16.1 Å². The number of esters is 1. The fourth-order valence-electron chi connectivity index (χ4n) is 2.46. The normalized spacial score (nSPS) is 10.5. The van der Waals surface area contributed by atoms with Gasteiger partial charge in [-0.05, 0) is 18.2 Å². The van der Waals surface area contributed by atoms with E-state index in [1.54, 1.807) is 32.4 Å². The van der Waals surface area contributed by atoms with E-state index in [9.17, 15) is 4.79 Å². The van der Waals surface area contributed by atoms with Crippen molar-refractivity contribution in [2.45, 2.75) is 13.0 Å². The highest BCUT2D eigenvalue weighted by Gasteiger charge is 2.12. The number of nitrogens with zero attached hydrogens (tertiary/aromatic N) is 1. The standard InChI is InChI=1S/C20H18ClNO4S/c1-24-17-8-5-14(18(10-17)25-2)9-19(23)26-11-16-12-27-20(22-16)13-3-6-15(21)7-4-13/h3-8,10,12H,9,11H2,1-2H3. The Hall–Kier alpha value is -2.57. The van der Waals surface area contributed by atoms with Crippen molar-refractivity contribution in [1.29, 1.82) is 0 Å². The monoisotopic (exact) mass is 403 g/mol.